The molecule has 3 aromatic rings. The van der Waals surface area contributed by atoms with Gasteiger partial charge in [0.05, 0.1) is 11.1 Å². The standard InChI is InChI=1S/C26H30ClN3O4/c1-16(2)32-22-12-11-17(14-21(22)27)24-28-23(29-34-24)20-9-6-8-18-15-30(13-7-10-19(18)20)25(31)33-26(3,4)5/h6,8-9,11-12,14,16H,7,10,13,15H2,1-5H3. The molecule has 1 amide bonds. The van der Waals surface area contributed by atoms with Crippen molar-refractivity contribution >= 4 is 17.7 Å². The summed E-state index contributed by atoms with van der Waals surface area (Å²) < 4.78 is 16.9. The van der Waals surface area contributed by atoms with Gasteiger partial charge in [0.2, 0.25) is 5.82 Å². The highest BCUT2D eigenvalue weighted by Crippen LogP contribution is 2.33. The first-order valence-corrected chi connectivity index (χ1v) is 11.9. The van der Waals surface area contributed by atoms with E-state index in [0.717, 1.165) is 35.1 Å². The Bertz CT molecular complexity index is 1180. The molecule has 2 heterocycles. The average Bonchev–Trinajstić information content (AvgIpc) is 3.13. The molecule has 0 aliphatic carbocycles. The molecule has 0 bridgehead atoms. The van der Waals surface area contributed by atoms with Crippen LogP contribution >= 0.6 is 11.6 Å². The van der Waals surface area contributed by atoms with Crippen LogP contribution in [0.1, 0.15) is 52.2 Å². The second kappa shape index (κ2) is 9.66. The first-order valence-electron chi connectivity index (χ1n) is 11.5. The molecule has 0 unspecified atom stereocenters. The average molecular weight is 484 g/mol. The van der Waals surface area contributed by atoms with Crippen LogP contribution in [-0.2, 0) is 17.7 Å². The Labute approximate surface area is 205 Å². The highest BCUT2D eigenvalue weighted by atomic mass is 35.5. The molecule has 0 fully saturated rings. The zero-order valence-electron chi connectivity index (χ0n) is 20.2. The van der Waals surface area contributed by atoms with E-state index >= 15 is 0 Å². The van der Waals surface area contributed by atoms with Crippen LogP contribution in [0.5, 0.6) is 5.75 Å². The fourth-order valence-corrected chi connectivity index (χ4v) is 4.16. The van der Waals surface area contributed by atoms with Crippen molar-refractivity contribution in [1.82, 2.24) is 15.0 Å². The number of carbonyl (C=O) groups excluding carboxylic acids is 1. The molecule has 0 N–H and O–H groups in total. The summed E-state index contributed by atoms with van der Waals surface area (Å²) in [5.74, 6) is 1.51. The lowest BCUT2D eigenvalue weighted by Gasteiger charge is -2.26. The smallest absolute Gasteiger partial charge is 0.410 e. The molecular formula is C26H30ClN3O4. The molecule has 2 aromatic carbocycles. The Morgan fingerprint density at radius 2 is 2.00 bits per heavy atom. The van der Waals surface area contributed by atoms with Gasteiger partial charge in [-0.2, -0.15) is 4.98 Å². The van der Waals surface area contributed by atoms with Crippen molar-refractivity contribution in [2.75, 3.05) is 6.54 Å². The Hall–Kier alpha value is -3.06. The second-order valence-corrected chi connectivity index (χ2v) is 10.1. The molecule has 1 aliphatic heterocycles. The van der Waals surface area contributed by atoms with Gasteiger partial charge < -0.3 is 18.9 Å². The molecule has 0 saturated carbocycles. The molecule has 4 rings (SSSR count). The van der Waals surface area contributed by atoms with Crippen LogP contribution in [-0.4, -0.2) is 39.4 Å². The van der Waals surface area contributed by atoms with Gasteiger partial charge in [0.15, 0.2) is 0 Å². The van der Waals surface area contributed by atoms with Crippen LogP contribution in [0.25, 0.3) is 22.8 Å². The van der Waals surface area contributed by atoms with Crippen molar-refractivity contribution in [1.29, 1.82) is 0 Å². The monoisotopic (exact) mass is 483 g/mol. The summed E-state index contributed by atoms with van der Waals surface area (Å²) in [4.78, 5) is 19.0. The van der Waals surface area contributed by atoms with Gasteiger partial charge in [-0.25, -0.2) is 4.79 Å². The van der Waals surface area contributed by atoms with E-state index in [1.807, 2.05) is 58.9 Å². The molecule has 8 heteroatoms. The number of nitrogens with zero attached hydrogens (tertiary/aromatic N) is 3. The number of aromatic nitrogens is 2. The Balaban J connectivity index is 1.59. The highest BCUT2D eigenvalue weighted by molar-refractivity contribution is 6.32. The van der Waals surface area contributed by atoms with E-state index in [9.17, 15) is 4.79 Å². The molecule has 0 radical (unpaired) electrons. The van der Waals surface area contributed by atoms with Crippen molar-refractivity contribution in [3.05, 3.63) is 52.5 Å². The molecule has 7 nitrogen and oxygen atoms in total. The number of benzene rings is 2. The van der Waals surface area contributed by atoms with Crippen LogP contribution in [0.3, 0.4) is 0 Å². The Morgan fingerprint density at radius 1 is 1.21 bits per heavy atom. The SMILES string of the molecule is CC(C)Oc1ccc(-c2nc(-c3cccc4c3CCCN(C(=O)OC(C)(C)C)C4)no2)cc1Cl. The summed E-state index contributed by atoms with van der Waals surface area (Å²) in [6.07, 6.45) is 1.36. The van der Waals surface area contributed by atoms with Gasteiger partial charge in [-0.3, -0.25) is 0 Å². The number of amides is 1. The largest absolute Gasteiger partial charge is 0.489 e. The zero-order valence-corrected chi connectivity index (χ0v) is 21.0. The number of ether oxygens (including phenoxy) is 2. The first-order chi connectivity index (χ1) is 16.1. The quantitative estimate of drug-likeness (QED) is 0.420. The maximum absolute atomic E-state index is 12.6. The van der Waals surface area contributed by atoms with E-state index in [4.69, 9.17) is 25.6 Å². The van der Waals surface area contributed by atoms with Gasteiger partial charge in [0, 0.05) is 24.2 Å². The number of fused-ring (bicyclic) bond motifs is 1. The number of carbonyl (C=O) groups is 1. The fraction of sp³-hybridized carbons (Fsp3) is 0.423. The Kier molecular flexibility index (Phi) is 6.84. The van der Waals surface area contributed by atoms with E-state index in [2.05, 4.69) is 10.1 Å². The summed E-state index contributed by atoms with van der Waals surface area (Å²) in [5.41, 5.74) is 3.28. The number of hydrogen-bond donors (Lipinski definition) is 0. The van der Waals surface area contributed by atoms with E-state index in [1.54, 1.807) is 17.0 Å². The van der Waals surface area contributed by atoms with Crippen molar-refractivity contribution in [2.45, 2.75) is 65.7 Å². The zero-order chi connectivity index (χ0) is 24.5. The van der Waals surface area contributed by atoms with Crippen molar-refractivity contribution in [3.63, 3.8) is 0 Å². The van der Waals surface area contributed by atoms with E-state index in [0.29, 0.717) is 35.6 Å². The van der Waals surface area contributed by atoms with Crippen LogP contribution in [0.4, 0.5) is 4.79 Å². The lowest BCUT2D eigenvalue weighted by molar-refractivity contribution is 0.0237. The van der Waals surface area contributed by atoms with Crippen LogP contribution in [0.2, 0.25) is 5.02 Å². The number of rotatable bonds is 4. The molecule has 0 saturated heterocycles. The van der Waals surface area contributed by atoms with Gasteiger partial charge in [0.1, 0.15) is 11.4 Å². The summed E-state index contributed by atoms with van der Waals surface area (Å²) in [5, 5.41) is 4.73. The predicted molar refractivity (Wildman–Crippen MR) is 131 cm³/mol. The third-order valence-corrected chi connectivity index (χ3v) is 5.64. The summed E-state index contributed by atoms with van der Waals surface area (Å²) in [6, 6.07) is 11.4. The third kappa shape index (κ3) is 5.53. The first kappa shape index (κ1) is 24.1. The highest BCUT2D eigenvalue weighted by Gasteiger charge is 2.26. The number of hydrogen-bond acceptors (Lipinski definition) is 6. The molecule has 1 aromatic heterocycles. The van der Waals surface area contributed by atoms with Crippen LogP contribution in [0, 0.1) is 0 Å². The van der Waals surface area contributed by atoms with Gasteiger partial charge in [-0.1, -0.05) is 35.0 Å². The Morgan fingerprint density at radius 3 is 2.71 bits per heavy atom. The minimum absolute atomic E-state index is 0.0259. The molecule has 34 heavy (non-hydrogen) atoms. The normalized spacial score (nSPS) is 14.0. The van der Waals surface area contributed by atoms with Crippen molar-refractivity contribution in [2.24, 2.45) is 0 Å². The summed E-state index contributed by atoms with van der Waals surface area (Å²) >= 11 is 6.38. The van der Waals surface area contributed by atoms with Crippen LogP contribution in [0.15, 0.2) is 40.9 Å². The molecule has 180 valence electrons. The molecule has 0 spiro atoms. The lowest BCUT2D eigenvalue weighted by Crippen LogP contribution is -2.36. The predicted octanol–water partition coefficient (Wildman–Crippen LogP) is 6.53. The summed E-state index contributed by atoms with van der Waals surface area (Å²) in [6.45, 7) is 10.6. The van der Waals surface area contributed by atoms with Gasteiger partial charge in [0.25, 0.3) is 5.89 Å². The third-order valence-electron chi connectivity index (χ3n) is 5.35. The van der Waals surface area contributed by atoms with Crippen molar-refractivity contribution < 1.29 is 18.8 Å². The van der Waals surface area contributed by atoms with Crippen molar-refractivity contribution in [3.8, 4) is 28.6 Å². The van der Waals surface area contributed by atoms with Gasteiger partial charge in [-0.15, -0.1) is 0 Å². The minimum Gasteiger partial charge on any atom is -0.489 e. The molecule has 0 atom stereocenters. The van der Waals surface area contributed by atoms with Gasteiger partial charge in [-0.05, 0) is 76.8 Å². The number of halogens is 1. The maximum atomic E-state index is 12.6. The summed E-state index contributed by atoms with van der Waals surface area (Å²) in [7, 11) is 0. The molecular weight excluding hydrogens is 454 g/mol. The van der Waals surface area contributed by atoms with Crippen LogP contribution < -0.4 is 4.74 Å². The molecule has 1 aliphatic rings. The maximum Gasteiger partial charge on any atom is 0.410 e. The van der Waals surface area contributed by atoms with E-state index < -0.39 is 5.60 Å². The lowest BCUT2D eigenvalue weighted by atomic mass is 9.97. The van der Waals surface area contributed by atoms with E-state index in [1.165, 1.54) is 0 Å². The van der Waals surface area contributed by atoms with Gasteiger partial charge >= 0.3 is 6.09 Å². The minimum atomic E-state index is -0.531. The second-order valence-electron chi connectivity index (χ2n) is 9.68. The topological polar surface area (TPSA) is 77.7 Å². The fourth-order valence-electron chi connectivity index (χ4n) is 3.93. The van der Waals surface area contributed by atoms with E-state index in [-0.39, 0.29) is 12.2 Å².